The summed E-state index contributed by atoms with van der Waals surface area (Å²) in [5.41, 5.74) is 3.69. The van der Waals surface area contributed by atoms with E-state index in [0.29, 0.717) is 16.6 Å². The first-order valence-corrected chi connectivity index (χ1v) is 9.70. The first-order chi connectivity index (χ1) is 14.9. The zero-order chi connectivity index (χ0) is 21.7. The number of aryl methyl sites for hydroxylation is 1. The molecule has 5 rings (SSSR count). The molecule has 1 saturated heterocycles. The first-order valence-electron chi connectivity index (χ1n) is 9.70. The number of nitrogens with zero attached hydrogens (tertiary/aromatic N) is 4. The lowest BCUT2D eigenvalue weighted by molar-refractivity contribution is -0.131. The van der Waals surface area contributed by atoms with Crippen LogP contribution in [0, 0.1) is 5.82 Å². The Balaban J connectivity index is 1.50. The van der Waals surface area contributed by atoms with Crippen LogP contribution in [0.3, 0.4) is 0 Å². The minimum atomic E-state index is -1.18. The molecule has 0 saturated carbocycles. The van der Waals surface area contributed by atoms with Crippen LogP contribution >= 0.6 is 0 Å². The Hall–Kier alpha value is -4.01. The van der Waals surface area contributed by atoms with E-state index in [-0.39, 0.29) is 5.82 Å². The van der Waals surface area contributed by atoms with Crippen molar-refractivity contribution < 1.29 is 18.7 Å². The molecule has 2 atom stereocenters. The highest BCUT2D eigenvalue weighted by molar-refractivity contribution is 6.01. The van der Waals surface area contributed by atoms with Crippen molar-refractivity contribution in [2.75, 3.05) is 0 Å². The summed E-state index contributed by atoms with van der Waals surface area (Å²) in [5, 5.41) is 4.19. The SMILES string of the molecule is C[C@H](c1ccc(F)cc1)N1C(=O)OC(c2nc3c(-c4ccnn4C)cccc3[nH]2)C1=O. The minimum Gasteiger partial charge on any atom is -0.427 e. The molecule has 1 N–H and O–H groups in total. The van der Waals surface area contributed by atoms with Crippen LogP contribution in [0.25, 0.3) is 22.3 Å². The number of carbonyl (C=O) groups excluding carboxylic acids is 2. The molecule has 0 aliphatic carbocycles. The molecule has 1 unspecified atom stereocenters. The smallest absolute Gasteiger partial charge is 0.418 e. The molecule has 0 radical (unpaired) electrons. The second kappa shape index (κ2) is 7.05. The minimum absolute atomic E-state index is 0.247. The van der Waals surface area contributed by atoms with E-state index in [4.69, 9.17) is 4.74 Å². The van der Waals surface area contributed by atoms with Gasteiger partial charge in [0.2, 0.25) is 6.10 Å². The van der Waals surface area contributed by atoms with Crippen LogP contribution in [-0.4, -0.2) is 36.6 Å². The fourth-order valence-corrected chi connectivity index (χ4v) is 3.86. The molecule has 2 aromatic heterocycles. The number of carbonyl (C=O) groups is 2. The average Bonchev–Trinajstić information content (AvgIpc) is 3.44. The van der Waals surface area contributed by atoms with E-state index in [0.717, 1.165) is 16.2 Å². The molecular formula is C22H18FN5O3. The maximum atomic E-state index is 13.2. The van der Waals surface area contributed by atoms with Gasteiger partial charge in [-0.2, -0.15) is 5.10 Å². The molecule has 2 amide bonds. The molecule has 0 bridgehead atoms. The number of nitrogens with one attached hydrogen (secondary N) is 1. The number of amides is 2. The van der Waals surface area contributed by atoms with Crippen molar-refractivity contribution in [2.24, 2.45) is 7.05 Å². The van der Waals surface area contributed by atoms with E-state index in [1.807, 2.05) is 31.3 Å². The molecule has 3 heterocycles. The number of imidazole rings is 1. The number of halogens is 1. The maximum Gasteiger partial charge on any atom is 0.418 e. The molecule has 31 heavy (non-hydrogen) atoms. The Bertz CT molecular complexity index is 1310. The highest BCUT2D eigenvalue weighted by Gasteiger charge is 2.46. The molecule has 0 spiro atoms. The molecule has 1 aliphatic heterocycles. The Morgan fingerprint density at radius 1 is 1.13 bits per heavy atom. The summed E-state index contributed by atoms with van der Waals surface area (Å²) in [5.74, 6) is -0.671. The first kappa shape index (κ1) is 19.0. The molecule has 1 aliphatic rings. The number of fused-ring (bicyclic) bond motifs is 1. The van der Waals surface area contributed by atoms with Gasteiger partial charge in [0.1, 0.15) is 5.82 Å². The lowest BCUT2D eigenvalue weighted by Gasteiger charge is -2.20. The second-order valence-corrected chi connectivity index (χ2v) is 7.36. The van der Waals surface area contributed by atoms with Gasteiger partial charge < -0.3 is 9.72 Å². The van der Waals surface area contributed by atoms with Gasteiger partial charge in [-0.3, -0.25) is 9.48 Å². The van der Waals surface area contributed by atoms with E-state index in [9.17, 15) is 14.0 Å². The molecule has 2 aromatic carbocycles. The molecule has 9 heteroatoms. The summed E-state index contributed by atoms with van der Waals surface area (Å²) >= 11 is 0. The normalized spacial score (nSPS) is 17.4. The van der Waals surface area contributed by atoms with E-state index < -0.39 is 30.0 Å². The van der Waals surface area contributed by atoms with Crippen molar-refractivity contribution in [3.63, 3.8) is 0 Å². The summed E-state index contributed by atoms with van der Waals surface area (Å²) in [6, 6.07) is 12.5. The van der Waals surface area contributed by atoms with Crippen molar-refractivity contribution >= 4 is 23.0 Å². The second-order valence-electron chi connectivity index (χ2n) is 7.36. The third-order valence-corrected chi connectivity index (χ3v) is 5.49. The third kappa shape index (κ3) is 3.05. The quantitative estimate of drug-likeness (QED) is 0.542. The Morgan fingerprint density at radius 3 is 2.61 bits per heavy atom. The fourth-order valence-electron chi connectivity index (χ4n) is 3.86. The maximum absolute atomic E-state index is 13.2. The number of ether oxygens (including phenoxy) is 1. The van der Waals surface area contributed by atoms with E-state index >= 15 is 0 Å². The van der Waals surface area contributed by atoms with Crippen LogP contribution < -0.4 is 0 Å². The summed E-state index contributed by atoms with van der Waals surface area (Å²) in [7, 11) is 1.83. The molecule has 4 aromatic rings. The van der Waals surface area contributed by atoms with Crippen LogP contribution in [0.4, 0.5) is 9.18 Å². The van der Waals surface area contributed by atoms with Crippen LogP contribution in [-0.2, 0) is 16.6 Å². The van der Waals surface area contributed by atoms with Gasteiger partial charge in [0, 0.05) is 18.8 Å². The molecule has 1 fully saturated rings. The molecule has 8 nitrogen and oxygen atoms in total. The highest BCUT2D eigenvalue weighted by Crippen LogP contribution is 2.35. The molecular weight excluding hydrogens is 401 g/mol. The Labute approximate surface area is 176 Å². The fraction of sp³-hybridized carbons (Fsp3) is 0.182. The van der Waals surface area contributed by atoms with Gasteiger partial charge in [0.25, 0.3) is 5.91 Å². The number of H-pyrrole nitrogens is 1. The zero-order valence-corrected chi connectivity index (χ0v) is 16.7. The number of imide groups is 1. The van der Waals surface area contributed by atoms with Crippen molar-refractivity contribution in [3.05, 3.63) is 71.9 Å². The number of cyclic esters (lactones) is 1. The van der Waals surface area contributed by atoms with E-state index in [2.05, 4.69) is 15.1 Å². The van der Waals surface area contributed by atoms with Crippen molar-refractivity contribution in [3.8, 4) is 11.3 Å². The predicted octanol–water partition coefficient (Wildman–Crippen LogP) is 3.88. The van der Waals surface area contributed by atoms with Crippen LogP contribution in [0.5, 0.6) is 0 Å². The third-order valence-electron chi connectivity index (χ3n) is 5.49. The van der Waals surface area contributed by atoms with Gasteiger partial charge in [-0.05, 0) is 36.8 Å². The topological polar surface area (TPSA) is 93.1 Å². The highest BCUT2D eigenvalue weighted by atomic mass is 19.1. The van der Waals surface area contributed by atoms with Crippen molar-refractivity contribution in [1.82, 2.24) is 24.6 Å². The number of rotatable bonds is 4. The number of para-hydroxylation sites is 1. The number of hydrogen-bond acceptors (Lipinski definition) is 5. The van der Waals surface area contributed by atoms with Crippen molar-refractivity contribution in [1.29, 1.82) is 0 Å². The van der Waals surface area contributed by atoms with Crippen LogP contribution in [0.15, 0.2) is 54.7 Å². The standard InChI is InChI=1S/C22H18FN5O3/c1-12(13-6-8-14(23)9-7-13)28-21(29)19(31-22(28)30)20-25-16-5-3-4-15(18(16)26-20)17-10-11-24-27(17)2/h3-12,19H,1-2H3,(H,25,26)/t12-,19?/m1/s1. The number of benzene rings is 2. The van der Waals surface area contributed by atoms with Gasteiger partial charge in [-0.1, -0.05) is 24.3 Å². The van der Waals surface area contributed by atoms with Crippen LogP contribution in [0.2, 0.25) is 0 Å². The monoisotopic (exact) mass is 419 g/mol. The van der Waals surface area contributed by atoms with Gasteiger partial charge in [0.15, 0.2) is 5.82 Å². The van der Waals surface area contributed by atoms with Gasteiger partial charge in [0.05, 0.1) is 22.8 Å². The van der Waals surface area contributed by atoms with Gasteiger partial charge >= 0.3 is 6.09 Å². The Kier molecular flexibility index (Phi) is 4.32. The summed E-state index contributed by atoms with van der Waals surface area (Å²) in [6.45, 7) is 1.69. The largest absolute Gasteiger partial charge is 0.427 e. The lowest BCUT2D eigenvalue weighted by atomic mass is 10.1. The summed E-state index contributed by atoms with van der Waals surface area (Å²) < 4.78 is 20.3. The summed E-state index contributed by atoms with van der Waals surface area (Å²) in [6.07, 6.45) is -0.250. The van der Waals surface area contributed by atoms with Gasteiger partial charge in [-0.25, -0.2) is 19.1 Å². The Morgan fingerprint density at radius 2 is 1.90 bits per heavy atom. The van der Waals surface area contributed by atoms with Crippen molar-refractivity contribution in [2.45, 2.75) is 19.1 Å². The number of aromatic amines is 1. The van der Waals surface area contributed by atoms with E-state index in [1.54, 1.807) is 17.8 Å². The predicted molar refractivity (Wildman–Crippen MR) is 109 cm³/mol. The number of hydrogen-bond donors (Lipinski definition) is 1. The van der Waals surface area contributed by atoms with Gasteiger partial charge in [-0.15, -0.1) is 0 Å². The van der Waals surface area contributed by atoms with E-state index in [1.165, 1.54) is 24.3 Å². The summed E-state index contributed by atoms with van der Waals surface area (Å²) in [4.78, 5) is 34.3. The molecule has 156 valence electrons. The van der Waals surface area contributed by atoms with Crippen LogP contribution in [0.1, 0.15) is 30.5 Å². The average molecular weight is 419 g/mol. The lowest BCUT2D eigenvalue weighted by Crippen LogP contribution is -2.32. The number of aromatic nitrogens is 4. The zero-order valence-electron chi connectivity index (χ0n) is 16.7.